The molecule has 2 aromatic carbocycles. The normalized spacial score (nSPS) is 16.8. The summed E-state index contributed by atoms with van der Waals surface area (Å²) in [6, 6.07) is 14.5. The first-order chi connectivity index (χ1) is 11.7. The summed E-state index contributed by atoms with van der Waals surface area (Å²) in [6.45, 7) is 0. The lowest BCUT2D eigenvalue weighted by Gasteiger charge is -2.07. The Morgan fingerprint density at radius 3 is 2.75 bits per heavy atom. The molecular formula is C18H10N2O3S. The molecule has 1 aliphatic rings. The molecule has 5 rings (SSSR count). The number of carbonyl (C=O) groups excluding carboxylic acids is 1. The molecule has 0 radical (unpaired) electrons. The van der Waals surface area contributed by atoms with E-state index >= 15 is 0 Å². The summed E-state index contributed by atoms with van der Waals surface area (Å²) in [6.07, 6.45) is 1.40. The second-order valence-electron chi connectivity index (χ2n) is 5.57. The van der Waals surface area contributed by atoms with E-state index in [-0.39, 0.29) is 11.3 Å². The number of fused-ring (bicyclic) bond motifs is 4. The monoisotopic (exact) mass is 334 g/mol. The Morgan fingerprint density at radius 1 is 1.04 bits per heavy atom. The number of benzene rings is 2. The van der Waals surface area contributed by atoms with Crippen LogP contribution in [0.3, 0.4) is 0 Å². The number of hydrogen-bond acceptors (Lipinski definition) is 5. The zero-order valence-corrected chi connectivity index (χ0v) is 13.1. The minimum absolute atomic E-state index is 0.161. The van der Waals surface area contributed by atoms with Gasteiger partial charge in [0, 0.05) is 0 Å². The van der Waals surface area contributed by atoms with Crippen LogP contribution in [-0.4, -0.2) is 15.5 Å². The van der Waals surface area contributed by atoms with Crippen molar-refractivity contribution in [1.29, 1.82) is 0 Å². The molecule has 1 unspecified atom stereocenters. The molecule has 0 saturated heterocycles. The van der Waals surface area contributed by atoms with Gasteiger partial charge < -0.3 is 4.42 Å². The van der Waals surface area contributed by atoms with E-state index in [1.54, 1.807) is 22.8 Å². The molecule has 3 heterocycles. The Morgan fingerprint density at radius 2 is 1.83 bits per heavy atom. The quantitative estimate of drug-likeness (QED) is 0.532. The van der Waals surface area contributed by atoms with Crippen molar-refractivity contribution in [3.63, 3.8) is 0 Å². The number of thioether (sulfide) groups is 1. The largest absolute Gasteiger partial charge is 0.464 e. The van der Waals surface area contributed by atoms with E-state index in [1.807, 2.05) is 30.3 Å². The third-order valence-electron chi connectivity index (χ3n) is 4.19. The molecule has 2 aromatic heterocycles. The Kier molecular flexibility index (Phi) is 2.72. The van der Waals surface area contributed by atoms with E-state index in [4.69, 9.17) is 4.42 Å². The Hall–Kier alpha value is -2.86. The number of carbonyl (C=O) groups is 1. The molecule has 0 fully saturated rings. The second-order valence-corrected chi connectivity index (χ2v) is 6.64. The van der Waals surface area contributed by atoms with Crippen LogP contribution in [0, 0.1) is 0 Å². The van der Waals surface area contributed by atoms with Gasteiger partial charge in [0.05, 0.1) is 28.2 Å². The highest BCUT2D eigenvalue weighted by molar-refractivity contribution is 8.00. The fourth-order valence-corrected chi connectivity index (χ4v) is 4.19. The molecule has 0 spiro atoms. The molecule has 0 saturated carbocycles. The highest BCUT2D eigenvalue weighted by Gasteiger charge is 2.37. The molecule has 0 N–H and O–H groups in total. The molecule has 4 aromatic rings. The average molecular weight is 334 g/mol. The SMILES string of the molecule is O=C1C(c2coc3ccccc3c2=O)Sc2nc3ccccc3n21. The molecule has 1 atom stereocenters. The van der Waals surface area contributed by atoms with Crippen molar-refractivity contribution in [2.75, 3.05) is 0 Å². The molecule has 116 valence electrons. The van der Waals surface area contributed by atoms with Gasteiger partial charge in [-0.15, -0.1) is 0 Å². The highest BCUT2D eigenvalue weighted by atomic mass is 32.2. The van der Waals surface area contributed by atoms with Crippen molar-refractivity contribution in [2.24, 2.45) is 0 Å². The summed E-state index contributed by atoms with van der Waals surface area (Å²) in [7, 11) is 0. The van der Waals surface area contributed by atoms with Crippen molar-refractivity contribution in [2.45, 2.75) is 10.4 Å². The van der Waals surface area contributed by atoms with E-state index in [9.17, 15) is 9.59 Å². The van der Waals surface area contributed by atoms with Crippen molar-refractivity contribution >= 4 is 39.7 Å². The number of aromatic nitrogens is 2. The Labute approximate surface area is 139 Å². The predicted octanol–water partition coefficient (Wildman–Crippen LogP) is 3.63. The van der Waals surface area contributed by atoms with Crippen LogP contribution in [0.1, 0.15) is 15.6 Å². The lowest BCUT2D eigenvalue weighted by molar-refractivity contribution is 0.0914. The molecule has 6 heteroatoms. The summed E-state index contributed by atoms with van der Waals surface area (Å²) in [5, 5.41) is 0.467. The highest BCUT2D eigenvalue weighted by Crippen LogP contribution is 2.43. The van der Waals surface area contributed by atoms with E-state index in [1.165, 1.54) is 18.0 Å². The Balaban J connectivity index is 1.68. The van der Waals surface area contributed by atoms with Crippen LogP contribution in [0.25, 0.3) is 22.0 Å². The molecule has 24 heavy (non-hydrogen) atoms. The number of imidazole rings is 1. The van der Waals surface area contributed by atoms with Crippen LogP contribution in [0.15, 0.2) is 69.2 Å². The molecule has 0 bridgehead atoms. The van der Waals surface area contributed by atoms with Crippen LogP contribution in [0.5, 0.6) is 0 Å². The first kappa shape index (κ1) is 13.6. The van der Waals surface area contributed by atoms with Crippen LogP contribution < -0.4 is 5.43 Å². The van der Waals surface area contributed by atoms with Gasteiger partial charge in [-0.1, -0.05) is 36.0 Å². The van der Waals surface area contributed by atoms with E-state index in [0.717, 1.165) is 11.0 Å². The standard InChI is InChI=1S/C18H10N2O3S/c21-15-10-5-1-4-8-14(10)23-9-11(15)16-17(22)20-13-7-3-2-6-12(13)19-18(20)24-16/h1-9,16H. The maximum Gasteiger partial charge on any atom is 0.251 e. The minimum Gasteiger partial charge on any atom is -0.464 e. The molecule has 1 aliphatic heterocycles. The topological polar surface area (TPSA) is 65.1 Å². The van der Waals surface area contributed by atoms with Gasteiger partial charge in [0.25, 0.3) is 5.91 Å². The summed E-state index contributed by atoms with van der Waals surface area (Å²) in [5.41, 5.74) is 2.25. The fourth-order valence-electron chi connectivity index (χ4n) is 3.04. The van der Waals surface area contributed by atoms with Crippen LogP contribution in [0.4, 0.5) is 0 Å². The molecule has 5 nitrogen and oxygen atoms in total. The van der Waals surface area contributed by atoms with Gasteiger partial charge in [-0.25, -0.2) is 4.98 Å². The van der Waals surface area contributed by atoms with Gasteiger partial charge in [-0.2, -0.15) is 0 Å². The zero-order chi connectivity index (χ0) is 16.3. The van der Waals surface area contributed by atoms with E-state index in [2.05, 4.69) is 4.98 Å². The number of rotatable bonds is 1. The third-order valence-corrected chi connectivity index (χ3v) is 5.36. The number of nitrogens with zero attached hydrogens (tertiary/aromatic N) is 2. The lowest BCUT2D eigenvalue weighted by Crippen LogP contribution is -2.18. The van der Waals surface area contributed by atoms with E-state index in [0.29, 0.717) is 21.7 Å². The summed E-state index contributed by atoms with van der Waals surface area (Å²) < 4.78 is 7.13. The zero-order valence-electron chi connectivity index (χ0n) is 12.3. The minimum atomic E-state index is -0.627. The smallest absolute Gasteiger partial charge is 0.251 e. The second kappa shape index (κ2) is 4.82. The predicted molar refractivity (Wildman–Crippen MR) is 91.4 cm³/mol. The molecule has 0 amide bonds. The average Bonchev–Trinajstić information content (AvgIpc) is 3.12. The van der Waals surface area contributed by atoms with Gasteiger partial charge in [0.2, 0.25) is 0 Å². The number of para-hydroxylation sites is 3. The van der Waals surface area contributed by atoms with Gasteiger partial charge in [0.1, 0.15) is 10.8 Å². The van der Waals surface area contributed by atoms with Gasteiger partial charge in [-0.3, -0.25) is 14.2 Å². The number of hydrogen-bond donors (Lipinski definition) is 0. The summed E-state index contributed by atoms with van der Waals surface area (Å²) in [5.74, 6) is -0.161. The fraction of sp³-hybridized carbons (Fsp3) is 0.0556. The first-order valence-electron chi connectivity index (χ1n) is 7.43. The van der Waals surface area contributed by atoms with Gasteiger partial charge in [0.15, 0.2) is 10.6 Å². The summed E-state index contributed by atoms with van der Waals surface area (Å²) in [4.78, 5) is 30.1. The van der Waals surface area contributed by atoms with Gasteiger partial charge >= 0.3 is 0 Å². The molecule has 0 aliphatic carbocycles. The lowest BCUT2D eigenvalue weighted by atomic mass is 10.1. The van der Waals surface area contributed by atoms with Crippen LogP contribution in [0.2, 0.25) is 0 Å². The maximum absolute atomic E-state index is 12.9. The van der Waals surface area contributed by atoms with Crippen molar-refractivity contribution in [1.82, 2.24) is 9.55 Å². The van der Waals surface area contributed by atoms with Crippen LogP contribution in [-0.2, 0) is 0 Å². The third kappa shape index (κ3) is 1.74. The van der Waals surface area contributed by atoms with E-state index < -0.39 is 5.25 Å². The first-order valence-corrected chi connectivity index (χ1v) is 8.31. The summed E-state index contributed by atoms with van der Waals surface area (Å²) >= 11 is 1.29. The molecular weight excluding hydrogens is 324 g/mol. The maximum atomic E-state index is 12.9. The van der Waals surface area contributed by atoms with Crippen molar-refractivity contribution in [3.8, 4) is 0 Å². The van der Waals surface area contributed by atoms with Gasteiger partial charge in [-0.05, 0) is 24.3 Å². The van der Waals surface area contributed by atoms with Crippen molar-refractivity contribution < 1.29 is 9.21 Å². The van der Waals surface area contributed by atoms with Crippen LogP contribution >= 0.6 is 11.8 Å². The van der Waals surface area contributed by atoms with Crippen molar-refractivity contribution in [3.05, 3.63) is 70.6 Å². The Bertz CT molecular complexity index is 1190.